The van der Waals surface area contributed by atoms with Crippen LogP contribution in [0, 0.1) is 34.0 Å². The minimum Gasteiger partial charge on any atom is -0.300 e. The molecule has 4 fully saturated rings. The summed E-state index contributed by atoms with van der Waals surface area (Å²) in [5.41, 5.74) is 2.50. The summed E-state index contributed by atoms with van der Waals surface area (Å²) in [5, 5.41) is 0. The molecular formula is C20H30O. The number of Topliss-reactive ketones (excluding diaryl/α,β-unsaturated/α-hetero) is 1. The monoisotopic (exact) mass is 286 g/mol. The molecule has 4 aliphatic rings. The number of rotatable bonds is 0. The number of ketones is 1. The maximum Gasteiger partial charge on any atom is 0.134 e. The van der Waals surface area contributed by atoms with Gasteiger partial charge >= 0.3 is 0 Å². The number of hydrogen-bond donors (Lipinski definition) is 0. The van der Waals surface area contributed by atoms with Gasteiger partial charge in [0.15, 0.2) is 0 Å². The van der Waals surface area contributed by atoms with Gasteiger partial charge in [0.1, 0.15) is 5.78 Å². The first kappa shape index (κ1) is 14.0. The Morgan fingerprint density at radius 1 is 1.00 bits per heavy atom. The van der Waals surface area contributed by atoms with Gasteiger partial charge in [-0.2, -0.15) is 0 Å². The van der Waals surface area contributed by atoms with Crippen LogP contribution in [0.15, 0.2) is 12.2 Å². The topological polar surface area (TPSA) is 17.1 Å². The Kier molecular flexibility index (Phi) is 2.69. The van der Waals surface area contributed by atoms with E-state index >= 15 is 0 Å². The Labute approximate surface area is 129 Å². The standard InChI is InChI=1S/C20H30O/c1-13-9-20-8-7-16-18(2,3)11-15(21)12-19(16,4)17(20)6-5-14(13)10-20/h14,16-17H,1,5-12H2,2-4H3/t14-,16+,17-,19+,20+/m1/s1. The second kappa shape index (κ2) is 4.03. The average molecular weight is 286 g/mol. The van der Waals surface area contributed by atoms with Crippen LogP contribution in [0.3, 0.4) is 0 Å². The van der Waals surface area contributed by atoms with Crippen LogP contribution < -0.4 is 0 Å². The van der Waals surface area contributed by atoms with E-state index in [1.165, 1.54) is 44.1 Å². The first-order chi connectivity index (χ1) is 9.77. The first-order valence-corrected chi connectivity index (χ1v) is 8.96. The fourth-order valence-electron chi connectivity index (χ4n) is 7.60. The van der Waals surface area contributed by atoms with Crippen LogP contribution in [0.4, 0.5) is 0 Å². The highest BCUT2D eigenvalue weighted by Gasteiger charge is 2.63. The Hall–Kier alpha value is -0.590. The summed E-state index contributed by atoms with van der Waals surface area (Å²) in [5.74, 6) is 2.83. The summed E-state index contributed by atoms with van der Waals surface area (Å²) in [7, 11) is 0. The highest BCUT2D eigenvalue weighted by atomic mass is 16.1. The first-order valence-electron chi connectivity index (χ1n) is 8.96. The lowest BCUT2D eigenvalue weighted by atomic mass is 9.41. The quantitative estimate of drug-likeness (QED) is 0.562. The molecule has 21 heavy (non-hydrogen) atoms. The van der Waals surface area contributed by atoms with Crippen molar-refractivity contribution in [2.24, 2.45) is 34.0 Å². The SMILES string of the molecule is C=C1C[C@]23CC[C@H]4C(C)(C)CC(=O)C[C@]4(C)[C@H]2CC[C@@H]1C3. The third kappa shape index (κ3) is 1.72. The summed E-state index contributed by atoms with van der Waals surface area (Å²) in [6.45, 7) is 11.6. The molecule has 2 bridgehead atoms. The molecular weight excluding hydrogens is 256 g/mol. The molecule has 0 aromatic rings. The van der Waals surface area contributed by atoms with Gasteiger partial charge in [0, 0.05) is 12.8 Å². The number of carbonyl (C=O) groups excluding carboxylic acids is 1. The van der Waals surface area contributed by atoms with Crippen LogP contribution in [-0.4, -0.2) is 5.78 Å². The normalized spacial score (nSPS) is 51.5. The van der Waals surface area contributed by atoms with Crippen molar-refractivity contribution in [3.05, 3.63) is 12.2 Å². The zero-order chi connectivity index (χ0) is 15.0. The van der Waals surface area contributed by atoms with Crippen molar-refractivity contribution in [1.29, 1.82) is 0 Å². The van der Waals surface area contributed by atoms with Crippen LogP contribution >= 0.6 is 0 Å². The average Bonchev–Trinajstić information content (AvgIpc) is 2.57. The van der Waals surface area contributed by atoms with Crippen molar-refractivity contribution in [2.75, 3.05) is 0 Å². The van der Waals surface area contributed by atoms with Crippen LogP contribution in [-0.2, 0) is 4.79 Å². The minimum absolute atomic E-state index is 0.207. The van der Waals surface area contributed by atoms with Crippen molar-refractivity contribution in [1.82, 2.24) is 0 Å². The van der Waals surface area contributed by atoms with Gasteiger partial charge in [-0.05, 0) is 72.5 Å². The van der Waals surface area contributed by atoms with Gasteiger partial charge in [0.05, 0.1) is 0 Å². The van der Waals surface area contributed by atoms with Crippen LogP contribution in [0.25, 0.3) is 0 Å². The Balaban J connectivity index is 1.77. The zero-order valence-electron chi connectivity index (χ0n) is 14.0. The molecule has 1 spiro atoms. The van der Waals surface area contributed by atoms with Gasteiger partial charge in [-0.1, -0.05) is 32.9 Å². The Bertz CT molecular complexity index is 516. The highest BCUT2D eigenvalue weighted by molar-refractivity contribution is 5.81. The minimum atomic E-state index is 0.207. The largest absolute Gasteiger partial charge is 0.300 e. The van der Waals surface area contributed by atoms with Crippen LogP contribution in [0.2, 0.25) is 0 Å². The van der Waals surface area contributed by atoms with Gasteiger partial charge in [-0.3, -0.25) is 4.79 Å². The second-order valence-electron chi connectivity index (χ2n) is 9.71. The van der Waals surface area contributed by atoms with Crippen molar-refractivity contribution < 1.29 is 4.79 Å². The van der Waals surface area contributed by atoms with Crippen molar-refractivity contribution in [2.45, 2.75) is 72.1 Å². The maximum absolute atomic E-state index is 12.5. The fraction of sp³-hybridized carbons (Fsp3) is 0.850. The van der Waals surface area contributed by atoms with Gasteiger partial charge in [0.2, 0.25) is 0 Å². The van der Waals surface area contributed by atoms with Gasteiger partial charge in [0.25, 0.3) is 0 Å². The fourth-order valence-corrected chi connectivity index (χ4v) is 7.60. The summed E-state index contributed by atoms with van der Waals surface area (Å²) < 4.78 is 0. The van der Waals surface area contributed by atoms with Crippen LogP contribution in [0.5, 0.6) is 0 Å². The molecule has 0 radical (unpaired) electrons. The Morgan fingerprint density at radius 2 is 1.76 bits per heavy atom. The van der Waals surface area contributed by atoms with E-state index in [-0.39, 0.29) is 10.8 Å². The molecule has 0 aromatic heterocycles. The van der Waals surface area contributed by atoms with E-state index in [1.54, 1.807) is 0 Å². The molecule has 5 atom stereocenters. The molecule has 0 unspecified atom stereocenters. The van der Waals surface area contributed by atoms with Crippen molar-refractivity contribution >= 4 is 5.78 Å². The third-order valence-corrected chi connectivity index (χ3v) is 8.05. The van der Waals surface area contributed by atoms with E-state index in [1.807, 2.05) is 0 Å². The molecule has 116 valence electrons. The predicted molar refractivity (Wildman–Crippen MR) is 85.9 cm³/mol. The predicted octanol–water partition coefficient (Wildman–Crippen LogP) is 5.15. The maximum atomic E-state index is 12.5. The summed E-state index contributed by atoms with van der Waals surface area (Å²) in [6, 6.07) is 0. The van der Waals surface area contributed by atoms with Crippen molar-refractivity contribution in [3.63, 3.8) is 0 Å². The summed E-state index contributed by atoms with van der Waals surface area (Å²) in [4.78, 5) is 12.5. The highest BCUT2D eigenvalue weighted by Crippen LogP contribution is 2.71. The number of carbonyl (C=O) groups is 1. The van der Waals surface area contributed by atoms with E-state index in [0.29, 0.717) is 11.2 Å². The molecule has 0 saturated heterocycles. The van der Waals surface area contributed by atoms with Crippen LogP contribution in [0.1, 0.15) is 72.1 Å². The third-order valence-electron chi connectivity index (χ3n) is 8.05. The molecule has 0 aromatic carbocycles. The van der Waals surface area contributed by atoms with E-state index in [9.17, 15) is 4.79 Å². The number of fused-ring (bicyclic) bond motifs is 3. The van der Waals surface area contributed by atoms with Gasteiger partial charge < -0.3 is 0 Å². The lowest BCUT2D eigenvalue weighted by Crippen LogP contribution is -2.57. The lowest BCUT2D eigenvalue weighted by Gasteiger charge is -2.63. The molecule has 0 amide bonds. The molecule has 4 saturated carbocycles. The van der Waals surface area contributed by atoms with Gasteiger partial charge in [-0.25, -0.2) is 0 Å². The van der Waals surface area contributed by atoms with E-state index in [2.05, 4.69) is 27.4 Å². The molecule has 1 heteroatoms. The molecule has 1 nitrogen and oxygen atoms in total. The van der Waals surface area contributed by atoms with Gasteiger partial charge in [-0.15, -0.1) is 0 Å². The van der Waals surface area contributed by atoms with E-state index < -0.39 is 0 Å². The van der Waals surface area contributed by atoms with E-state index in [0.717, 1.165) is 30.6 Å². The second-order valence-corrected chi connectivity index (χ2v) is 9.71. The zero-order valence-corrected chi connectivity index (χ0v) is 14.0. The molecule has 0 N–H and O–H groups in total. The van der Waals surface area contributed by atoms with Crippen molar-refractivity contribution in [3.8, 4) is 0 Å². The smallest absolute Gasteiger partial charge is 0.134 e. The number of allylic oxidation sites excluding steroid dienone is 1. The lowest BCUT2D eigenvalue weighted by molar-refractivity contribution is -0.161. The molecule has 0 aliphatic heterocycles. The number of hydrogen-bond acceptors (Lipinski definition) is 1. The molecule has 0 heterocycles. The molecule has 4 aliphatic carbocycles. The molecule has 4 rings (SSSR count). The van der Waals surface area contributed by atoms with E-state index in [4.69, 9.17) is 0 Å². The summed E-state index contributed by atoms with van der Waals surface area (Å²) >= 11 is 0. The summed E-state index contributed by atoms with van der Waals surface area (Å²) in [6.07, 6.45) is 9.72. The Morgan fingerprint density at radius 3 is 2.52 bits per heavy atom.